The first kappa shape index (κ1) is 21.1. The van der Waals surface area contributed by atoms with Crippen LogP contribution in [-0.4, -0.2) is 43.5 Å². The van der Waals surface area contributed by atoms with E-state index in [9.17, 15) is 14.3 Å². The molecule has 0 saturated heterocycles. The molecular formula is C23H22BFN6O2. The monoisotopic (exact) mass is 444 g/mol. The van der Waals surface area contributed by atoms with Gasteiger partial charge in [-0.15, -0.1) is 0 Å². The summed E-state index contributed by atoms with van der Waals surface area (Å²) in [5, 5.41) is 13.7. The topological polar surface area (TPSA) is 119 Å². The van der Waals surface area contributed by atoms with E-state index in [-0.39, 0.29) is 11.8 Å². The van der Waals surface area contributed by atoms with E-state index < -0.39 is 11.8 Å². The minimum Gasteiger partial charge on any atom is -0.481 e. The highest BCUT2D eigenvalue weighted by Gasteiger charge is 2.29. The summed E-state index contributed by atoms with van der Waals surface area (Å²) in [6.07, 6.45) is 8.94. The summed E-state index contributed by atoms with van der Waals surface area (Å²) in [5.74, 6) is -0.739. The van der Waals surface area contributed by atoms with Gasteiger partial charge in [-0.25, -0.2) is 9.37 Å². The molecule has 0 spiro atoms. The molecule has 166 valence electrons. The second kappa shape index (κ2) is 8.27. The zero-order valence-electron chi connectivity index (χ0n) is 18.1. The van der Waals surface area contributed by atoms with Gasteiger partial charge in [0.25, 0.3) is 0 Å². The van der Waals surface area contributed by atoms with Crippen molar-refractivity contribution in [1.29, 1.82) is 0 Å². The fourth-order valence-corrected chi connectivity index (χ4v) is 4.60. The second-order valence-electron chi connectivity index (χ2n) is 8.51. The van der Waals surface area contributed by atoms with Crippen molar-refractivity contribution in [3.63, 3.8) is 0 Å². The van der Waals surface area contributed by atoms with Crippen molar-refractivity contribution in [3.05, 3.63) is 54.5 Å². The molecule has 3 N–H and O–H groups in total. The lowest BCUT2D eigenvalue weighted by atomic mass is 9.77. The van der Waals surface area contributed by atoms with Gasteiger partial charge in [-0.3, -0.25) is 14.8 Å². The SMILES string of the molecule is Bc1c(N)n2ncc(-c3ccc(-c4cncc(F)c4)nc3)c2nc1[C@H]1CC[C@H](C(=O)O)CC1. The average Bonchev–Trinajstić information content (AvgIpc) is 3.26. The molecule has 4 aromatic rings. The van der Waals surface area contributed by atoms with Gasteiger partial charge >= 0.3 is 5.97 Å². The predicted molar refractivity (Wildman–Crippen MR) is 124 cm³/mol. The molecule has 4 aromatic heterocycles. The number of carbonyl (C=O) groups is 1. The third kappa shape index (κ3) is 3.81. The Balaban J connectivity index is 1.50. The van der Waals surface area contributed by atoms with Crippen LogP contribution in [0.2, 0.25) is 0 Å². The third-order valence-electron chi connectivity index (χ3n) is 6.51. The van der Waals surface area contributed by atoms with Crippen LogP contribution < -0.4 is 11.2 Å². The number of hydrogen-bond donors (Lipinski definition) is 2. The molecule has 1 fully saturated rings. The van der Waals surface area contributed by atoms with Gasteiger partial charge in [0, 0.05) is 40.7 Å². The van der Waals surface area contributed by atoms with Crippen LogP contribution in [0.4, 0.5) is 10.2 Å². The number of pyridine rings is 2. The molecule has 1 saturated carbocycles. The molecular weight excluding hydrogens is 422 g/mol. The Morgan fingerprint density at radius 2 is 1.91 bits per heavy atom. The van der Waals surface area contributed by atoms with E-state index in [0.717, 1.165) is 41.3 Å². The molecule has 0 aromatic carbocycles. The maximum Gasteiger partial charge on any atom is 0.306 e. The molecule has 33 heavy (non-hydrogen) atoms. The number of hydrogen-bond acceptors (Lipinski definition) is 6. The Morgan fingerprint density at radius 3 is 2.58 bits per heavy atom. The molecule has 5 rings (SSSR count). The van der Waals surface area contributed by atoms with Crippen molar-refractivity contribution < 1.29 is 14.3 Å². The number of nitrogens with zero attached hydrogens (tertiary/aromatic N) is 5. The Bertz CT molecular complexity index is 1350. The number of carboxylic acid groups (broad SMARTS) is 1. The molecule has 0 radical (unpaired) electrons. The van der Waals surface area contributed by atoms with Gasteiger partial charge in [0.15, 0.2) is 5.65 Å². The van der Waals surface area contributed by atoms with E-state index in [2.05, 4.69) is 15.1 Å². The average molecular weight is 444 g/mol. The number of fused-ring (bicyclic) bond motifs is 1. The standard InChI is InChI=1S/C23H22BFN6O2/c24-19-20(12-1-3-13(4-2-12)23(32)33)30-22-17(11-29-31(22)21(19)26)14-5-6-18(28-9-14)15-7-16(25)10-27-8-15/h5-13H,1-4,24,26H2,(H,32,33)/t12-,13-. The number of carboxylic acids is 1. The lowest BCUT2D eigenvalue weighted by molar-refractivity contribution is -0.142. The summed E-state index contributed by atoms with van der Waals surface area (Å²) in [7, 11) is 1.94. The first-order valence-corrected chi connectivity index (χ1v) is 10.9. The smallest absolute Gasteiger partial charge is 0.306 e. The van der Waals surface area contributed by atoms with E-state index in [4.69, 9.17) is 10.7 Å². The van der Waals surface area contributed by atoms with Crippen LogP contribution in [0.3, 0.4) is 0 Å². The summed E-state index contributed by atoms with van der Waals surface area (Å²) in [6.45, 7) is 0. The fourth-order valence-electron chi connectivity index (χ4n) is 4.60. The molecule has 0 amide bonds. The van der Waals surface area contributed by atoms with E-state index in [1.54, 1.807) is 29.2 Å². The highest BCUT2D eigenvalue weighted by molar-refractivity contribution is 6.36. The van der Waals surface area contributed by atoms with Crippen LogP contribution in [-0.2, 0) is 4.79 Å². The number of halogens is 1. The summed E-state index contributed by atoms with van der Waals surface area (Å²) in [5.41, 5.74) is 11.6. The number of nitrogens with two attached hydrogens (primary N) is 1. The first-order chi connectivity index (χ1) is 15.9. The zero-order chi connectivity index (χ0) is 23.1. The lowest BCUT2D eigenvalue weighted by Crippen LogP contribution is -2.28. The Kier molecular flexibility index (Phi) is 5.28. The normalized spacial score (nSPS) is 18.5. The quantitative estimate of drug-likeness (QED) is 0.463. The fraction of sp³-hybridized carbons (Fsp3) is 0.261. The van der Waals surface area contributed by atoms with Crippen LogP contribution in [0.5, 0.6) is 0 Å². The van der Waals surface area contributed by atoms with E-state index in [0.29, 0.717) is 35.6 Å². The van der Waals surface area contributed by atoms with Crippen LogP contribution in [0.15, 0.2) is 43.0 Å². The highest BCUT2D eigenvalue weighted by Crippen LogP contribution is 2.36. The maximum absolute atomic E-state index is 13.5. The number of aromatic nitrogens is 5. The van der Waals surface area contributed by atoms with Gasteiger partial charge in [-0.2, -0.15) is 9.61 Å². The maximum atomic E-state index is 13.5. The van der Waals surface area contributed by atoms with Crippen molar-refractivity contribution >= 4 is 30.7 Å². The minimum atomic E-state index is -0.726. The summed E-state index contributed by atoms with van der Waals surface area (Å²) < 4.78 is 15.1. The Morgan fingerprint density at radius 1 is 1.12 bits per heavy atom. The van der Waals surface area contributed by atoms with Gasteiger partial charge in [-0.1, -0.05) is 6.07 Å². The van der Waals surface area contributed by atoms with E-state index in [1.165, 1.54) is 6.07 Å². The van der Waals surface area contributed by atoms with Gasteiger partial charge < -0.3 is 10.8 Å². The predicted octanol–water partition coefficient (Wildman–Crippen LogP) is 2.19. The third-order valence-corrected chi connectivity index (χ3v) is 6.51. The molecule has 1 aliphatic rings. The van der Waals surface area contributed by atoms with Crippen molar-refractivity contribution in [3.8, 4) is 22.4 Å². The van der Waals surface area contributed by atoms with Gasteiger partial charge in [0.1, 0.15) is 19.5 Å². The Hall–Kier alpha value is -3.82. The molecule has 0 bridgehead atoms. The van der Waals surface area contributed by atoms with Crippen LogP contribution in [0, 0.1) is 11.7 Å². The molecule has 0 atom stereocenters. The number of nitrogen functional groups attached to an aromatic ring is 1. The lowest BCUT2D eigenvalue weighted by Gasteiger charge is -2.27. The van der Waals surface area contributed by atoms with Crippen molar-refractivity contribution in [1.82, 2.24) is 24.6 Å². The molecule has 0 unspecified atom stereocenters. The van der Waals surface area contributed by atoms with Gasteiger partial charge in [0.05, 0.1) is 24.0 Å². The van der Waals surface area contributed by atoms with Crippen LogP contribution in [0.1, 0.15) is 37.3 Å². The van der Waals surface area contributed by atoms with Gasteiger partial charge in [-0.05, 0) is 43.3 Å². The number of rotatable bonds is 4. The van der Waals surface area contributed by atoms with E-state index in [1.807, 2.05) is 13.9 Å². The molecule has 10 heteroatoms. The molecule has 1 aliphatic carbocycles. The number of anilines is 1. The second-order valence-corrected chi connectivity index (χ2v) is 8.51. The first-order valence-electron chi connectivity index (χ1n) is 10.9. The van der Waals surface area contributed by atoms with Crippen LogP contribution >= 0.6 is 0 Å². The molecule has 8 nitrogen and oxygen atoms in total. The largest absolute Gasteiger partial charge is 0.481 e. The van der Waals surface area contributed by atoms with Crippen molar-refractivity contribution in [2.24, 2.45) is 5.92 Å². The highest BCUT2D eigenvalue weighted by atomic mass is 19.1. The summed E-state index contributed by atoms with van der Waals surface area (Å²) in [4.78, 5) is 24.6. The van der Waals surface area contributed by atoms with Crippen LogP contribution in [0.25, 0.3) is 28.0 Å². The van der Waals surface area contributed by atoms with Crippen molar-refractivity contribution in [2.75, 3.05) is 5.73 Å². The summed E-state index contributed by atoms with van der Waals surface area (Å²) in [6, 6.07) is 5.08. The van der Waals surface area contributed by atoms with Crippen molar-refractivity contribution in [2.45, 2.75) is 31.6 Å². The summed E-state index contributed by atoms with van der Waals surface area (Å²) >= 11 is 0. The number of aliphatic carboxylic acids is 1. The zero-order valence-corrected chi connectivity index (χ0v) is 18.1. The Labute approximate surface area is 190 Å². The van der Waals surface area contributed by atoms with Gasteiger partial charge in [0.2, 0.25) is 0 Å². The minimum absolute atomic E-state index is 0.164. The molecule has 0 aliphatic heterocycles. The molecule has 4 heterocycles. The van der Waals surface area contributed by atoms with E-state index >= 15 is 0 Å².